The Morgan fingerprint density at radius 1 is 1.11 bits per heavy atom. The molecule has 1 atom stereocenters. The van der Waals surface area contributed by atoms with Crippen LogP contribution in [0.2, 0.25) is 0 Å². The van der Waals surface area contributed by atoms with Gasteiger partial charge in [-0.2, -0.15) is 0 Å². The highest BCUT2D eigenvalue weighted by atomic mass is 16.5. The molecule has 1 rings (SSSR count). The number of rotatable bonds is 9. The van der Waals surface area contributed by atoms with Gasteiger partial charge in [-0.15, -0.1) is 0 Å². The molecule has 1 aromatic carbocycles. The molecule has 0 heterocycles. The molecule has 0 spiro atoms. The van der Waals surface area contributed by atoms with Crippen LogP contribution in [0.4, 0.5) is 0 Å². The van der Waals surface area contributed by atoms with Gasteiger partial charge in [0.05, 0.1) is 13.2 Å². The largest absolute Gasteiger partial charge is 0.382 e. The summed E-state index contributed by atoms with van der Waals surface area (Å²) >= 11 is 0. The molecule has 0 amide bonds. The van der Waals surface area contributed by atoms with E-state index < -0.39 is 0 Å². The fraction of sp³-hybridized carbons (Fsp3) is 0.600. The molecule has 2 N–H and O–H groups in total. The number of hydrogen-bond donors (Lipinski definition) is 1. The fourth-order valence-corrected chi connectivity index (χ4v) is 1.86. The lowest BCUT2D eigenvalue weighted by Crippen LogP contribution is -2.19. The maximum Gasteiger partial charge on any atom is 0.0700 e. The van der Waals surface area contributed by atoms with Crippen LogP contribution in [0, 0.1) is 12.8 Å². The van der Waals surface area contributed by atoms with E-state index in [9.17, 15) is 0 Å². The monoisotopic (exact) mass is 251 g/mol. The van der Waals surface area contributed by atoms with Gasteiger partial charge in [-0.25, -0.2) is 0 Å². The molecular weight excluding hydrogens is 226 g/mol. The van der Waals surface area contributed by atoms with Gasteiger partial charge in [0.2, 0.25) is 0 Å². The van der Waals surface area contributed by atoms with Crippen LogP contribution in [-0.2, 0) is 15.9 Å². The summed E-state index contributed by atoms with van der Waals surface area (Å²) in [6.45, 7) is 4.90. The van der Waals surface area contributed by atoms with Crippen LogP contribution in [0.3, 0.4) is 0 Å². The molecular formula is C15H25NO2. The average molecular weight is 251 g/mol. The molecule has 1 aromatic rings. The number of ether oxygens (including phenoxy) is 2. The normalized spacial score (nSPS) is 12.6. The van der Waals surface area contributed by atoms with Crippen molar-refractivity contribution in [2.45, 2.75) is 19.8 Å². The fourth-order valence-electron chi connectivity index (χ4n) is 1.86. The van der Waals surface area contributed by atoms with Gasteiger partial charge in [0.25, 0.3) is 0 Å². The molecule has 3 heteroatoms. The van der Waals surface area contributed by atoms with E-state index in [-0.39, 0.29) is 0 Å². The van der Waals surface area contributed by atoms with Gasteiger partial charge in [-0.05, 0) is 37.8 Å². The second kappa shape index (κ2) is 9.09. The molecule has 0 fully saturated rings. The number of aryl methyl sites for hydroxylation is 1. The number of nitrogens with two attached hydrogens (primary N) is 1. The van der Waals surface area contributed by atoms with E-state index >= 15 is 0 Å². The summed E-state index contributed by atoms with van der Waals surface area (Å²) in [7, 11) is 1.68. The second-order valence-corrected chi connectivity index (χ2v) is 4.69. The van der Waals surface area contributed by atoms with Crippen LogP contribution in [0.5, 0.6) is 0 Å². The van der Waals surface area contributed by atoms with Crippen molar-refractivity contribution < 1.29 is 9.47 Å². The van der Waals surface area contributed by atoms with Gasteiger partial charge < -0.3 is 15.2 Å². The van der Waals surface area contributed by atoms with E-state index in [1.54, 1.807) is 7.11 Å². The Morgan fingerprint density at radius 2 is 1.83 bits per heavy atom. The van der Waals surface area contributed by atoms with Crippen molar-refractivity contribution in [3.8, 4) is 0 Å². The summed E-state index contributed by atoms with van der Waals surface area (Å²) in [5.74, 6) is 0.496. The summed E-state index contributed by atoms with van der Waals surface area (Å²) in [4.78, 5) is 0. The quantitative estimate of drug-likeness (QED) is 0.684. The number of hydrogen-bond acceptors (Lipinski definition) is 3. The lowest BCUT2D eigenvalue weighted by Gasteiger charge is -2.15. The van der Waals surface area contributed by atoms with Crippen molar-refractivity contribution in [3.63, 3.8) is 0 Å². The van der Waals surface area contributed by atoms with Crippen LogP contribution in [0.15, 0.2) is 24.3 Å². The first-order valence-corrected chi connectivity index (χ1v) is 6.58. The minimum atomic E-state index is 0.496. The molecule has 0 saturated heterocycles. The van der Waals surface area contributed by atoms with E-state index in [0.29, 0.717) is 25.7 Å². The van der Waals surface area contributed by atoms with Gasteiger partial charge in [-0.3, -0.25) is 0 Å². The standard InChI is InChI=1S/C15H25NO2/c1-13-3-5-14(6-4-13)11-15(12-16)7-8-18-10-9-17-2/h3-6,15H,7-12,16H2,1-2H3. The Morgan fingerprint density at radius 3 is 2.44 bits per heavy atom. The summed E-state index contributed by atoms with van der Waals surface area (Å²) in [6, 6.07) is 8.67. The molecule has 0 radical (unpaired) electrons. The van der Waals surface area contributed by atoms with Gasteiger partial charge in [-0.1, -0.05) is 29.8 Å². The van der Waals surface area contributed by atoms with Gasteiger partial charge in [0.1, 0.15) is 0 Å². The molecule has 0 aliphatic carbocycles. The highest BCUT2D eigenvalue weighted by Crippen LogP contribution is 2.12. The zero-order valence-corrected chi connectivity index (χ0v) is 11.5. The number of benzene rings is 1. The third kappa shape index (κ3) is 6.15. The second-order valence-electron chi connectivity index (χ2n) is 4.69. The van der Waals surface area contributed by atoms with Crippen LogP contribution in [0.25, 0.3) is 0 Å². The minimum Gasteiger partial charge on any atom is -0.382 e. The lowest BCUT2D eigenvalue weighted by molar-refractivity contribution is 0.0641. The van der Waals surface area contributed by atoms with E-state index in [1.807, 2.05) is 0 Å². The predicted octanol–water partition coefficient (Wildman–Crippen LogP) is 2.17. The van der Waals surface area contributed by atoms with Crippen LogP contribution < -0.4 is 5.73 Å². The van der Waals surface area contributed by atoms with Gasteiger partial charge in [0, 0.05) is 13.7 Å². The molecule has 0 bridgehead atoms. The molecule has 18 heavy (non-hydrogen) atoms. The van der Waals surface area contributed by atoms with Crippen LogP contribution >= 0.6 is 0 Å². The van der Waals surface area contributed by atoms with Crippen molar-refractivity contribution in [3.05, 3.63) is 35.4 Å². The van der Waals surface area contributed by atoms with Crippen molar-refractivity contribution in [1.82, 2.24) is 0 Å². The zero-order chi connectivity index (χ0) is 13.2. The molecule has 0 aliphatic heterocycles. The molecule has 102 valence electrons. The summed E-state index contributed by atoms with van der Waals surface area (Å²) in [5, 5.41) is 0. The SMILES string of the molecule is COCCOCCC(CN)Cc1ccc(C)cc1. The first-order chi connectivity index (χ1) is 8.76. The Balaban J connectivity index is 2.26. The highest BCUT2D eigenvalue weighted by molar-refractivity contribution is 5.21. The topological polar surface area (TPSA) is 44.5 Å². The third-order valence-electron chi connectivity index (χ3n) is 3.08. The zero-order valence-electron chi connectivity index (χ0n) is 11.5. The van der Waals surface area contributed by atoms with E-state index in [1.165, 1.54) is 11.1 Å². The van der Waals surface area contributed by atoms with Crippen LogP contribution in [0.1, 0.15) is 17.5 Å². The molecule has 0 saturated carbocycles. The number of methoxy groups -OCH3 is 1. The van der Waals surface area contributed by atoms with Crippen molar-refractivity contribution in [2.24, 2.45) is 11.7 Å². The van der Waals surface area contributed by atoms with E-state index in [4.69, 9.17) is 15.2 Å². The molecule has 0 aromatic heterocycles. The molecule has 0 aliphatic rings. The van der Waals surface area contributed by atoms with Gasteiger partial charge >= 0.3 is 0 Å². The van der Waals surface area contributed by atoms with Crippen molar-refractivity contribution >= 4 is 0 Å². The van der Waals surface area contributed by atoms with Crippen molar-refractivity contribution in [1.29, 1.82) is 0 Å². The maximum absolute atomic E-state index is 5.81. The van der Waals surface area contributed by atoms with Crippen molar-refractivity contribution in [2.75, 3.05) is 33.5 Å². The maximum atomic E-state index is 5.81. The molecule has 3 nitrogen and oxygen atoms in total. The smallest absolute Gasteiger partial charge is 0.0700 e. The molecule has 1 unspecified atom stereocenters. The first-order valence-electron chi connectivity index (χ1n) is 6.58. The van der Waals surface area contributed by atoms with E-state index in [2.05, 4.69) is 31.2 Å². The summed E-state index contributed by atoms with van der Waals surface area (Å²) in [6.07, 6.45) is 2.04. The first kappa shape index (κ1) is 15.2. The summed E-state index contributed by atoms with van der Waals surface area (Å²) in [5.41, 5.74) is 8.46. The minimum absolute atomic E-state index is 0.496. The Bertz CT molecular complexity index is 311. The lowest BCUT2D eigenvalue weighted by atomic mass is 9.96. The Kier molecular flexibility index (Phi) is 7.65. The third-order valence-corrected chi connectivity index (χ3v) is 3.08. The Hall–Kier alpha value is -0.900. The predicted molar refractivity (Wildman–Crippen MR) is 74.7 cm³/mol. The highest BCUT2D eigenvalue weighted by Gasteiger charge is 2.07. The Labute approximate surface area is 110 Å². The average Bonchev–Trinajstić information content (AvgIpc) is 2.39. The van der Waals surface area contributed by atoms with E-state index in [0.717, 1.165) is 19.4 Å². The summed E-state index contributed by atoms with van der Waals surface area (Å²) < 4.78 is 10.4. The van der Waals surface area contributed by atoms with Gasteiger partial charge in [0.15, 0.2) is 0 Å². The van der Waals surface area contributed by atoms with Crippen LogP contribution in [-0.4, -0.2) is 33.5 Å².